The van der Waals surface area contributed by atoms with Crippen molar-refractivity contribution in [1.29, 1.82) is 0 Å². The number of anilines is 1. The van der Waals surface area contributed by atoms with Crippen LogP contribution in [-0.4, -0.2) is 40.6 Å². The van der Waals surface area contributed by atoms with Gasteiger partial charge in [0, 0.05) is 5.56 Å². The molecule has 30 heavy (non-hydrogen) atoms. The van der Waals surface area contributed by atoms with Crippen molar-refractivity contribution in [2.24, 2.45) is 16.9 Å². The van der Waals surface area contributed by atoms with Crippen LogP contribution in [0.1, 0.15) is 41.4 Å². The van der Waals surface area contributed by atoms with Crippen LogP contribution in [0.15, 0.2) is 53.6 Å². The van der Waals surface area contributed by atoms with E-state index in [4.69, 9.17) is 0 Å². The van der Waals surface area contributed by atoms with Crippen LogP contribution in [0, 0.1) is 11.8 Å². The Balaban J connectivity index is 1.60. The maximum Gasteiger partial charge on any atom is 0.240 e. The fraction of sp³-hybridized carbons (Fsp3) is 0.261. The first kappa shape index (κ1) is 18.4. The molecule has 2 aromatic carbocycles. The number of rotatable bonds is 3. The third-order valence-electron chi connectivity index (χ3n) is 6.24. The lowest BCUT2D eigenvalue weighted by atomic mass is 9.84. The number of hydrogen-bond donors (Lipinski definition) is 0. The Bertz CT molecular complexity index is 1140. The van der Waals surface area contributed by atoms with Crippen molar-refractivity contribution >= 4 is 35.3 Å². The van der Waals surface area contributed by atoms with Crippen LogP contribution >= 0.6 is 0 Å². The molecule has 7 nitrogen and oxygen atoms in total. The molecule has 2 amide bonds. The molecule has 0 unspecified atom stereocenters. The van der Waals surface area contributed by atoms with E-state index in [1.807, 2.05) is 24.3 Å². The van der Waals surface area contributed by atoms with E-state index in [0.717, 1.165) is 16.0 Å². The van der Waals surface area contributed by atoms with Crippen LogP contribution in [0.3, 0.4) is 0 Å². The number of imide groups is 1. The van der Waals surface area contributed by atoms with Crippen LogP contribution < -0.4 is 4.90 Å². The minimum atomic E-state index is -0.796. The molecular formula is C23H19N3O4. The fourth-order valence-corrected chi connectivity index (χ4v) is 4.92. The molecule has 150 valence electrons. The molecule has 0 N–H and O–H groups in total. The number of hydrazone groups is 1. The molecule has 4 atom stereocenters. The normalized spacial score (nSPS) is 26.5. The van der Waals surface area contributed by atoms with E-state index in [-0.39, 0.29) is 17.5 Å². The summed E-state index contributed by atoms with van der Waals surface area (Å²) in [7, 11) is 0. The summed E-state index contributed by atoms with van der Waals surface area (Å²) in [6.07, 6.45) is 1.68. The van der Waals surface area contributed by atoms with Crippen LogP contribution in [0.2, 0.25) is 0 Å². The molecule has 2 fully saturated rings. The molecule has 0 spiro atoms. The summed E-state index contributed by atoms with van der Waals surface area (Å²) in [4.78, 5) is 52.1. The molecule has 3 aliphatic rings. The van der Waals surface area contributed by atoms with E-state index in [1.54, 1.807) is 35.5 Å². The number of hydrogen-bond acceptors (Lipinski definition) is 6. The zero-order valence-electron chi connectivity index (χ0n) is 16.5. The standard InChI is InChI=1S/C23H19N3O4/c1-12(27)14-7-9-16(10-8-14)25-22(29)18-19(23(25)30)21-17-6-4-3-5-15(17)11-24-26(21)20(18)13(2)28/h3-11,18-21H,1-2H3/t18-,19+,20+,21+/m1/s1. The highest BCUT2D eigenvalue weighted by Crippen LogP contribution is 2.52. The Hall–Kier alpha value is -3.61. The zero-order valence-corrected chi connectivity index (χ0v) is 16.5. The molecule has 0 aromatic heterocycles. The summed E-state index contributed by atoms with van der Waals surface area (Å²) >= 11 is 0. The smallest absolute Gasteiger partial charge is 0.240 e. The molecule has 2 aromatic rings. The van der Waals surface area contributed by atoms with E-state index < -0.39 is 29.8 Å². The first-order valence-electron chi connectivity index (χ1n) is 9.80. The predicted molar refractivity (Wildman–Crippen MR) is 109 cm³/mol. The molecule has 3 aliphatic heterocycles. The van der Waals surface area contributed by atoms with E-state index in [1.165, 1.54) is 13.8 Å². The Morgan fingerprint density at radius 3 is 2.23 bits per heavy atom. The summed E-state index contributed by atoms with van der Waals surface area (Å²) in [5.74, 6) is -2.53. The highest BCUT2D eigenvalue weighted by Gasteiger charge is 2.64. The van der Waals surface area contributed by atoms with Crippen molar-refractivity contribution in [1.82, 2.24) is 5.01 Å². The fourth-order valence-electron chi connectivity index (χ4n) is 4.92. The van der Waals surface area contributed by atoms with Gasteiger partial charge in [0.2, 0.25) is 11.8 Å². The molecule has 5 rings (SSSR count). The van der Waals surface area contributed by atoms with Crippen molar-refractivity contribution < 1.29 is 19.2 Å². The number of Topliss-reactive ketones (excluding diaryl/α,β-unsaturated/α-hetero) is 2. The molecule has 7 heteroatoms. The highest BCUT2D eigenvalue weighted by atomic mass is 16.2. The van der Waals surface area contributed by atoms with Gasteiger partial charge in [-0.25, -0.2) is 4.90 Å². The monoisotopic (exact) mass is 401 g/mol. The van der Waals surface area contributed by atoms with Crippen LogP contribution in [0.4, 0.5) is 5.69 Å². The van der Waals surface area contributed by atoms with Gasteiger partial charge in [0.15, 0.2) is 11.6 Å². The molecule has 3 heterocycles. The minimum absolute atomic E-state index is 0.0959. The van der Waals surface area contributed by atoms with Crippen molar-refractivity contribution in [3.8, 4) is 0 Å². The summed E-state index contributed by atoms with van der Waals surface area (Å²) in [5, 5.41) is 6.07. The van der Waals surface area contributed by atoms with Crippen LogP contribution in [0.5, 0.6) is 0 Å². The first-order valence-corrected chi connectivity index (χ1v) is 9.80. The number of carbonyl (C=O) groups is 4. The highest BCUT2D eigenvalue weighted by molar-refractivity contribution is 6.24. The molecule has 0 saturated carbocycles. The lowest BCUT2D eigenvalue weighted by Crippen LogP contribution is -2.43. The third kappa shape index (κ3) is 2.41. The quantitative estimate of drug-likeness (QED) is 0.582. The zero-order chi connectivity index (χ0) is 21.2. The first-order chi connectivity index (χ1) is 14.4. The van der Waals surface area contributed by atoms with Gasteiger partial charge in [-0.05, 0) is 49.2 Å². The van der Waals surface area contributed by atoms with Gasteiger partial charge >= 0.3 is 0 Å². The van der Waals surface area contributed by atoms with Gasteiger partial charge in [-0.15, -0.1) is 0 Å². The van der Waals surface area contributed by atoms with E-state index in [2.05, 4.69) is 5.10 Å². The largest absolute Gasteiger partial charge is 0.298 e. The van der Waals surface area contributed by atoms with Crippen molar-refractivity contribution in [3.63, 3.8) is 0 Å². The van der Waals surface area contributed by atoms with Gasteiger partial charge < -0.3 is 0 Å². The van der Waals surface area contributed by atoms with E-state index >= 15 is 0 Å². The maximum atomic E-state index is 13.5. The van der Waals surface area contributed by atoms with Gasteiger partial charge in [-0.1, -0.05) is 24.3 Å². The summed E-state index contributed by atoms with van der Waals surface area (Å²) < 4.78 is 0. The second-order valence-corrected chi connectivity index (χ2v) is 7.92. The molecule has 2 saturated heterocycles. The maximum absolute atomic E-state index is 13.5. The number of ketones is 2. The minimum Gasteiger partial charge on any atom is -0.298 e. The van der Waals surface area contributed by atoms with E-state index in [9.17, 15) is 19.2 Å². The Morgan fingerprint density at radius 1 is 0.900 bits per heavy atom. The second kappa shape index (κ2) is 6.45. The predicted octanol–water partition coefficient (Wildman–Crippen LogP) is 2.36. The van der Waals surface area contributed by atoms with Crippen molar-refractivity contribution in [2.75, 3.05) is 4.90 Å². The molecule has 0 aliphatic carbocycles. The lowest BCUT2D eigenvalue weighted by molar-refractivity contribution is -0.129. The molecular weight excluding hydrogens is 382 g/mol. The van der Waals surface area contributed by atoms with Gasteiger partial charge in [0.1, 0.15) is 6.04 Å². The molecule has 0 radical (unpaired) electrons. The number of nitrogens with zero attached hydrogens (tertiary/aromatic N) is 3. The Morgan fingerprint density at radius 2 is 1.57 bits per heavy atom. The average Bonchev–Trinajstić information content (AvgIpc) is 3.21. The Labute approximate surface area is 173 Å². The topological polar surface area (TPSA) is 87.1 Å². The average molecular weight is 401 g/mol. The van der Waals surface area contributed by atoms with Gasteiger partial charge in [-0.2, -0.15) is 5.10 Å². The van der Waals surface area contributed by atoms with Crippen LogP contribution in [-0.2, 0) is 14.4 Å². The molecule has 0 bridgehead atoms. The number of carbonyl (C=O) groups excluding carboxylic acids is 4. The second-order valence-electron chi connectivity index (χ2n) is 7.92. The van der Waals surface area contributed by atoms with Gasteiger partial charge in [-0.3, -0.25) is 24.2 Å². The lowest BCUT2D eigenvalue weighted by Gasteiger charge is -2.33. The van der Waals surface area contributed by atoms with Gasteiger partial charge in [0.25, 0.3) is 0 Å². The summed E-state index contributed by atoms with van der Waals surface area (Å²) in [6.45, 7) is 2.89. The van der Waals surface area contributed by atoms with E-state index in [0.29, 0.717) is 11.3 Å². The number of benzene rings is 2. The number of amides is 2. The summed E-state index contributed by atoms with van der Waals surface area (Å²) in [5.41, 5.74) is 2.68. The number of fused-ring (bicyclic) bond motifs is 5. The SMILES string of the molecule is CC(=O)c1ccc(N2C(=O)[C@@H]3[C@H](C2=O)[C@@H]2c4ccccc4C=NN2[C@H]3C(C)=O)cc1. The van der Waals surface area contributed by atoms with Crippen molar-refractivity contribution in [2.45, 2.75) is 25.9 Å². The van der Waals surface area contributed by atoms with Crippen molar-refractivity contribution in [3.05, 3.63) is 65.2 Å². The third-order valence-corrected chi connectivity index (χ3v) is 6.24. The van der Waals surface area contributed by atoms with Gasteiger partial charge in [0.05, 0.1) is 29.8 Å². The summed E-state index contributed by atoms with van der Waals surface area (Å²) in [6, 6.07) is 12.7. The van der Waals surface area contributed by atoms with Crippen LogP contribution in [0.25, 0.3) is 0 Å². The Kier molecular flexibility index (Phi) is 3.96.